The molecule has 0 amide bonds. The molecule has 0 aliphatic heterocycles. The van der Waals surface area contributed by atoms with Gasteiger partial charge < -0.3 is 11.5 Å². The maximum Gasteiger partial charge on any atom is 0.472 e. The van der Waals surface area contributed by atoms with E-state index in [0.29, 0.717) is 5.92 Å². The lowest BCUT2D eigenvalue weighted by Crippen LogP contribution is -2.22. The second-order valence-electron chi connectivity index (χ2n) is 3.21. The van der Waals surface area contributed by atoms with Crippen molar-refractivity contribution in [1.29, 1.82) is 0 Å². The predicted molar refractivity (Wildman–Crippen MR) is 55.6 cm³/mol. The summed E-state index contributed by atoms with van der Waals surface area (Å²) in [7, 11) is 0. The first kappa shape index (κ1) is 15.6. The maximum atomic E-state index is 8.47. The molecule has 0 radical (unpaired) electrons. The molecule has 88 valence electrons. The number of nitrogens with two attached hydrogens (primary N) is 2. The summed E-state index contributed by atoms with van der Waals surface area (Å²) in [4.78, 5) is 8.47. The van der Waals surface area contributed by atoms with Crippen molar-refractivity contribution in [1.82, 2.24) is 0 Å². The van der Waals surface area contributed by atoms with Gasteiger partial charge in [0.2, 0.25) is 5.96 Å². The van der Waals surface area contributed by atoms with Gasteiger partial charge >= 0.3 is 5.09 Å². The van der Waals surface area contributed by atoms with Gasteiger partial charge in [0.25, 0.3) is 0 Å². The number of guanidine groups is 1. The summed E-state index contributed by atoms with van der Waals surface area (Å²) in [6.07, 6.45) is 0.927. The first-order valence-corrected chi connectivity index (χ1v) is 4.22. The third-order valence-electron chi connectivity index (χ3n) is 1.04. The lowest BCUT2D eigenvalue weighted by atomic mass is 10.1. The van der Waals surface area contributed by atoms with Crippen LogP contribution in [0.15, 0.2) is 10.2 Å². The molecule has 0 aromatic heterocycles. The van der Waals surface area contributed by atoms with E-state index in [0.717, 1.165) is 12.1 Å². The van der Waals surface area contributed by atoms with Gasteiger partial charge in [0.15, 0.2) is 0 Å². The summed E-state index contributed by atoms with van der Waals surface area (Å²) >= 11 is 0. The van der Waals surface area contributed by atoms with Crippen LogP contribution in [0, 0.1) is 10.8 Å². The molecule has 0 aromatic carbocycles. The molecule has 0 aliphatic rings. The molecule has 8 heteroatoms. The van der Waals surface area contributed by atoms with Crippen LogP contribution in [0.5, 0.6) is 0 Å². The highest BCUT2D eigenvalue weighted by molar-refractivity contribution is 5.83. The molecular weight excluding hydrogens is 202 g/mol. The molecule has 0 aromatic rings. The van der Waals surface area contributed by atoms with E-state index >= 15 is 0 Å². The predicted octanol–water partition coefficient (Wildman–Crippen LogP) is 0.226. The van der Waals surface area contributed by atoms with E-state index in [1.54, 1.807) is 0 Å². The molecule has 0 unspecified atom stereocenters. The van der Waals surface area contributed by atoms with Crippen LogP contribution in [0.4, 0.5) is 0 Å². The molecule has 0 saturated carbocycles. The number of hydrogen-bond donors (Lipinski definition) is 4. The summed E-state index contributed by atoms with van der Waals surface area (Å²) in [5, 5.41) is 19.9. The minimum atomic E-state index is -1.25. The van der Waals surface area contributed by atoms with Gasteiger partial charge in [-0.25, -0.2) is 10.4 Å². The fourth-order valence-electron chi connectivity index (χ4n) is 0.775. The second kappa shape index (κ2) is 8.73. The standard InChI is InChI=1S/C7H16N4.H2NO3/c1-5(2)4-6(3)10-11-7(8)9;2-1(3)4/h5H,4H2,1-3H3,(H4,8,9,11);(H2,2,3,4)/q;+1/b10-6+;. The van der Waals surface area contributed by atoms with Gasteiger partial charge in [0, 0.05) is 5.71 Å². The minimum absolute atomic E-state index is 0.00751. The normalized spacial score (nSPS) is 10.3. The van der Waals surface area contributed by atoms with Crippen LogP contribution in [0.25, 0.3) is 0 Å². The molecule has 0 atom stereocenters. The Kier molecular flexibility index (Phi) is 9.08. The van der Waals surface area contributed by atoms with Crippen LogP contribution >= 0.6 is 0 Å². The van der Waals surface area contributed by atoms with Gasteiger partial charge in [0.05, 0.1) is 0 Å². The van der Waals surface area contributed by atoms with E-state index in [1.165, 1.54) is 0 Å². The third-order valence-corrected chi connectivity index (χ3v) is 1.04. The topological polar surface area (TPSA) is 137 Å². The van der Waals surface area contributed by atoms with Crippen molar-refractivity contribution in [2.24, 2.45) is 27.6 Å². The average Bonchev–Trinajstić information content (AvgIpc) is 1.98. The molecule has 6 N–H and O–H groups in total. The Hall–Kier alpha value is -1.86. The molecule has 15 heavy (non-hydrogen) atoms. The average molecular weight is 220 g/mol. The van der Waals surface area contributed by atoms with Gasteiger partial charge in [-0.05, 0) is 19.3 Å². The number of nitrogens with zero attached hydrogens (tertiary/aromatic N) is 3. The summed E-state index contributed by atoms with van der Waals surface area (Å²) in [6.45, 7) is 6.15. The molecule has 0 aliphatic carbocycles. The van der Waals surface area contributed by atoms with Gasteiger partial charge in [-0.3, -0.25) is 0 Å². The van der Waals surface area contributed by atoms with E-state index in [4.69, 9.17) is 26.8 Å². The van der Waals surface area contributed by atoms with E-state index in [2.05, 4.69) is 24.1 Å². The molecular formula is C7H18N5O3+. The molecule has 0 spiro atoms. The molecule has 0 heterocycles. The number of rotatable bonds is 3. The smallest absolute Gasteiger partial charge is 0.369 e. The Balaban J connectivity index is 0. The van der Waals surface area contributed by atoms with Crippen LogP contribution < -0.4 is 11.5 Å². The Morgan fingerprint density at radius 2 is 1.73 bits per heavy atom. The highest BCUT2D eigenvalue weighted by atomic mass is 16.9. The quantitative estimate of drug-likeness (QED) is 0.306. The Morgan fingerprint density at radius 3 is 2.00 bits per heavy atom. The molecule has 0 rings (SSSR count). The fourth-order valence-corrected chi connectivity index (χ4v) is 0.775. The number of hydrogen-bond acceptors (Lipinski definition) is 3. The maximum absolute atomic E-state index is 8.47. The third kappa shape index (κ3) is 24.5. The molecule has 0 saturated heterocycles. The van der Waals surface area contributed by atoms with Gasteiger partial charge in [0.1, 0.15) is 4.91 Å². The van der Waals surface area contributed by atoms with Crippen molar-refractivity contribution in [2.45, 2.75) is 27.2 Å². The van der Waals surface area contributed by atoms with Crippen molar-refractivity contribution in [2.75, 3.05) is 0 Å². The second-order valence-corrected chi connectivity index (χ2v) is 3.21. The SMILES string of the molecule is C/C(CC(C)C)=N\N=C(N)N.O=[N+](O)O. The van der Waals surface area contributed by atoms with Gasteiger partial charge in [-0.1, -0.05) is 13.8 Å². The lowest BCUT2D eigenvalue weighted by Gasteiger charge is -2.00. The minimum Gasteiger partial charge on any atom is -0.369 e. The van der Waals surface area contributed by atoms with E-state index in [1.807, 2.05) is 6.92 Å². The zero-order chi connectivity index (χ0) is 12.4. The summed E-state index contributed by atoms with van der Waals surface area (Å²) < 4.78 is 0. The monoisotopic (exact) mass is 220 g/mol. The zero-order valence-corrected chi connectivity index (χ0v) is 9.08. The highest BCUT2D eigenvalue weighted by Gasteiger charge is 1.95. The Labute approximate surface area is 87.8 Å². The summed E-state index contributed by atoms with van der Waals surface area (Å²) in [6, 6.07) is 0. The van der Waals surface area contributed by atoms with Crippen LogP contribution in [0.3, 0.4) is 0 Å². The van der Waals surface area contributed by atoms with Crippen molar-refractivity contribution in [3.63, 3.8) is 0 Å². The van der Waals surface area contributed by atoms with Gasteiger partial charge in [-0.2, -0.15) is 5.10 Å². The first-order valence-electron chi connectivity index (χ1n) is 4.22. The summed E-state index contributed by atoms with van der Waals surface area (Å²) in [5.41, 5.74) is 11.1. The van der Waals surface area contributed by atoms with Crippen LogP contribution in [-0.4, -0.2) is 27.2 Å². The first-order chi connectivity index (χ1) is 6.75. The molecule has 0 fully saturated rings. The summed E-state index contributed by atoms with van der Waals surface area (Å²) in [5.74, 6) is 0.598. The van der Waals surface area contributed by atoms with E-state index in [-0.39, 0.29) is 5.96 Å². The van der Waals surface area contributed by atoms with Crippen LogP contribution in [0.2, 0.25) is 0 Å². The highest BCUT2D eigenvalue weighted by Crippen LogP contribution is 2.00. The van der Waals surface area contributed by atoms with Crippen molar-refractivity contribution in [3.05, 3.63) is 4.91 Å². The van der Waals surface area contributed by atoms with Crippen LogP contribution in [0.1, 0.15) is 27.2 Å². The van der Waals surface area contributed by atoms with Crippen LogP contribution in [-0.2, 0) is 0 Å². The van der Waals surface area contributed by atoms with Crippen molar-refractivity contribution in [3.8, 4) is 0 Å². The molecule has 0 bridgehead atoms. The Morgan fingerprint density at radius 1 is 1.33 bits per heavy atom. The van der Waals surface area contributed by atoms with Gasteiger partial charge in [-0.15, -0.1) is 5.10 Å². The largest absolute Gasteiger partial charge is 0.472 e. The lowest BCUT2D eigenvalue weighted by molar-refractivity contribution is -0.969. The van der Waals surface area contributed by atoms with Crippen molar-refractivity contribution < 1.29 is 15.5 Å². The fraction of sp³-hybridized carbons (Fsp3) is 0.714. The Bertz CT molecular complexity index is 241. The van der Waals surface area contributed by atoms with E-state index in [9.17, 15) is 0 Å². The van der Waals surface area contributed by atoms with E-state index < -0.39 is 5.09 Å². The zero-order valence-electron chi connectivity index (χ0n) is 9.08. The van der Waals surface area contributed by atoms with Crippen molar-refractivity contribution >= 4 is 11.7 Å². The molecule has 8 nitrogen and oxygen atoms in total.